The Hall–Kier alpha value is -2.83. The van der Waals surface area contributed by atoms with E-state index in [1.807, 2.05) is 13.0 Å². The van der Waals surface area contributed by atoms with Gasteiger partial charge in [-0.1, -0.05) is 13.3 Å². The van der Waals surface area contributed by atoms with Gasteiger partial charge < -0.3 is 24.0 Å². The van der Waals surface area contributed by atoms with E-state index in [4.69, 9.17) is 9.15 Å². The SMILES string of the molecule is CCCCc1cc(=O)oc2cc(C)cc(OCC(=O)N3CCC(C(=O)[O-])CC3)c12. The van der Waals surface area contributed by atoms with E-state index in [0.717, 1.165) is 35.8 Å². The minimum absolute atomic E-state index is 0.152. The zero-order valence-corrected chi connectivity index (χ0v) is 16.9. The monoisotopic (exact) mass is 400 g/mol. The Labute approximate surface area is 169 Å². The van der Waals surface area contributed by atoms with Crippen LogP contribution in [0.25, 0.3) is 11.0 Å². The number of carbonyl (C=O) groups excluding carboxylic acids is 2. The Morgan fingerprint density at radius 1 is 1.24 bits per heavy atom. The van der Waals surface area contributed by atoms with Crippen molar-refractivity contribution in [1.82, 2.24) is 4.90 Å². The highest BCUT2D eigenvalue weighted by molar-refractivity contribution is 5.88. The molecule has 1 aromatic heterocycles. The highest BCUT2D eigenvalue weighted by Gasteiger charge is 2.24. The summed E-state index contributed by atoms with van der Waals surface area (Å²) in [5, 5.41) is 11.7. The first-order valence-corrected chi connectivity index (χ1v) is 10.1. The van der Waals surface area contributed by atoms with Gasteiger partial charge in [0.05, 0.1) is 5.39 Å². The molecule has 7 heteroatoms. The molecule has 1 amide bonds. The fourth-order valence-electron chi connectivity index (χ4n) is 3.74. The smallest absolute Gasteiger partial charge is 0.336 e. The maximum absolute atomic E-state index is 12.5. The van der Waals surface area contributed by atoms with Crippen molar-refractivity contribution in [3.05, 3.63) is 39.7 Å². The molecular weight excluding hydrogens is 374 g/mol. The summed E-state index contributed by atoms with van der Waals surface area (Å²) in [4.78, 5) is 37.0. The Morgan fingerprint density at radius 3 is 2.62 bits per heavy atom. The second-order valence-corrected chi connectivity index (χ2v) is 7.59. The summed E-state index contributed by atoms with van der Waals surface area (Å²) in [6.45, 7) is 4.56. The second kappa shape index (κ2) is 9.11. The summed E-state index contributed by atoms with van der Waals surface area (Å²) in [5.74, 6) is -1.22. The summed E-state index contributed by atoms with van der Waals surface area (Å²) >= 11 is 0. The number of carbonyl (C=O) groups is 2. The van der Waals surface area contributed by atoms with E-state index in [2.05, 4.69) is 6.92 Å². The minimum atomic E-state index is -1.05. The fourth-order valence-corrected chi connectivity index (χ4v) is 3.74. The average molecular weight is 400 g/mol. The van der Waals surface area contributed by atoms with Gasteiger partial charge >= 0.3 is 5.63 Å². The number of aryl methyl sites for hydroxylation is 2. The van der Waals surface area contributed by atoms with Gasteiger partial charge in [0.25, 0.3) is 5.91 Å². The molecule has 29 heavy (non-hydrogen) atoms. The molecule has 1 aromatic carbocycles. The summed E-state index contributed by atoms with van der Waals surface area (Å²) in [6, 6.07) is 5.13. The van der Waals surface area contributed by atoms with Crippen molar-refractivity contribution in [3.63, 3.8) is 0 Å². The van der Waals surface area contributed by atoms with E-state index < -0.39 is 17.5 Å². The molecule has 0 bridgehead atoms. The van der Waals surface area contributed by atoms with Crippen molar-refractivity contribution in [2.24, 2.45) is 5.92 Å². The Kier molecular flexibility index (Phi) is 6.56. The van der Waals surface area contributed by atoms with E-state index in [9.17, 15) is 19.5 Å². The molecule has 7 nitrogen and oxygen atoms in total. The lowest BCUT2D eigenvalue weighted by atomic mass is 9.97. The summed E-state index contributed by atoms with van der Waals surface area (Å²) in [6.07, 6.45) is 3.44. The van der Waals surface area contributed by atoms with Crippen LogP contribution in [0.1, 0.15) is 43.7 Å². The molecule has 0 saturated carbocycles. The molecule has 0 spiro atoms. The van der Waals surface area contributed by atoms with Gasteiger partial charge in [0, 0.05) is 31.0 Å². The third kappa shape index (κ3) is 4.96. The van der Waals surface area contributed by atoms with Crippen LogP contribution in [0.15, 0.2) is 27.4 Å². The number of ether oxygens (including phenoxy) is 1. The highest BCUT2D eigenvalue weighted by atomic mass is 16.5. The Bertz CT molecular complexity index is 956. The zero-order chi connectivity index (χ0) is 21.0. The summed E-state index contributed by atoms with van der Waals surface area (Å²) < 4.78 is 11.2. The van der Waals surface area contributed by atoms with Crippen LogP contribution in [0, 0.1) is 12.8 Å². The second-order valence-electron chi connectivity index (χ2n) is 7.59. The predicted octanol–water partition coefficient (Wildman–Crippen LogP) is 1.81. The van der Waals surface area contributed by atoms with Crippen molar-refractivity contribution >= 4 is 22.8 Å². The number of carboxylic acids is 1. The average Bonchev–Trinajstić information content (AvgIpc) is 2.69. The van der Waals surface area contributed by atoms with Crippen molar-refractivity contribution in [3.8, 4) is 5.75 Å². The fraction of sp³-hybridized carbons (Fsp3) is 0.500. The molecule has 0 aliphatic carbocycles. The van der Waals surface area contributed by atoms with E-state index in [-0.39, 0.29) is 12.5 Å². The number of nitrogens with zero attached hydrogens (tertiary/aromatic N) is 1. The number of hydrogen-bond acceptors (Lipinski definition) is 6. The van der Waals surface area contributed by atoms with Crippen LogP contribution in [-0.2, 0) is 16.0 Å². The molecule has 1 aliphatic heterocycles. The van der Waals surface area contributed by atoms with Crippen molar-refractivity contribution in [1.29, 1.82) is 0 Å². The number of carboxylic acid groups (broad SMARTS) is 1. The van der Waals surface area contributed by atoms with Crippen LogP contribution in [0.5, 0.6) is 5.75 Å². The molecule has 1 fully saturated rings. The topological polar surface area (TPSA) is 99.9 Å². The Balaban J connectivity index is 1.78. The van der Waals surface area contributed by atoms with E-state index in [1.54, 1.807) is 11.0 Å². The molecule has 1 saturated heterocycles. The quantitative estimate of drug-likeness (QED) is 0.657. The van der Waals surface area contributed by atoms with Gasteiger partial charge in [-0.05, 0) is 55.9 Å². The van der Waals surface area contributed by atoms with Crippen molar-refractivity contribution in [2.75, 3.05) is 19.7 Å². The first-order valence-electron chi connectivity index (χ1n) is 10.1. The molecule has 156 valence electrons. The number of rotatable bonds is 7. The molecule has 0 atom stereocenters. The number of benzene rings is 1. The number of unbranched alkanes of at least 4 members (excludes halogenated alkanes) is 1. The van der Waals surface area contributed by atoms with Gasteiger partial charge in [-0.25, -0.2) is 4.79 Å². The number of likely N-dealkylation sites (tertiary alicyclic amines) is 1. The van der Waals surface area contributed by atoms with Gasteiger partial charge in [0.1, 0.15) is 11.3 Å². The largest absolute Gasteiger partial charge is 0.550 e. The van der Waals surface area contributed by atoms with Gasteiger partial charge in [0.15, 0.2) is 6.61 Å². The van der Waals surface area contributed by atoms with Crippen molar-refractivity contribution < 1.29 is 23.8 Å². The predicted molar refractivity (Wildman–Crippen MR) is 106 cm³/mol. The summed E-state index contributed by atoms with van der Waals surface area (Å²) in [7, 11) is 0. The van der Waals surface area contributed by atoms with E-state index in [0.29, 0.717) is 37.3 Å². The lowest BCUT2D eigenvalue weighted by Gasteiger charge is -2.32. The maximum atomic E-state index is 12.5. The van der Waals surface area contributed by atoms with Gasteiger partial charge in [-0.3, -0.25) is 4.79 Å². The van der Waals surface area contributed by atoms with Crippen molar-refractivity contribution in [2.45, 2.75) is 46.0 Å². The van der Waals surface area contributed by atoms with Gasteiger partial charge in [-0.2, -0.15) is 0 Å². The number of hydrogen-bond donors (Lipinski definition) is 0. The van der Waals surface area contributed by atoms with Crippen LogP contribution in [0.4, 0.5) is 0 Å². The third-order valence-electron chi connectivity index (χ3n) is 5.37. The lowest BCUT2D eigenvalue weighted by molar-refractivity contribution is -0.312. The lowest BCUT2D eigenvalue weighted by Crippen LogP contribution is -2.45. The zero-order valence-electron chi connectivity index (χ0n) is 16.9. The molecule has 2 heterocycles. The molecular formula is C22H26NO6-. The van der Waals surface area contributed by atoms with Crippen LogP contribution in [0.2, 0.25) is 0 Å². The number of fused-ring (bicyclic) bond motifs is 1. The number of aliphatic carboxylic acids is 1. The van der Waals surface area contributed by atoms with Gasteiger partial charge in [-0.15, -0.1) is 0 Å². The van der Waals surface area contributed by atoms with Crippen LogP contribution < -0.4 is 15.5 Å². The van der Waals surface area contributed by atoms with E-state index in [1.165, 1.54) is 6.07 Å². The third-order valence-corrected chi connectivity index (χ3v) is 5.37. The molecule has 0 N–H and O–H groups in total. The number of amides is 1. The van der Waals surface area contributed by atoms with E-state index >= 15 is 0 Å². The van der Waals surface area contributed by atoms with Crippen LogP contribution in [0.3, 0.4) is 0 Å². The maximum Gasteiger partial charge on any atom is 0.336 e. The normalized spacial score (nSPS) is 14.9. The number of piperidine rings is 1. The first kappa shape index (κ1) is 20.9. The molecule has 0 radical (unpaired) electrons. The highest BCUT2D eigenvalue weighted by Crippen LogP contribution is 2.31. The molecule has 0 unspecified atom stereocenters. The molecule has 3 rings (SSSR count). The standard InChI is InChI=1S/C22H27NO6/c1-3-4-5-16-12-20(25)29-18-11-14(2)10-17(21(16)18)28-13-19(24)23-8-6-15(7-9-23)22(26)27/h10-12,15H,3-9,13H2,1-2H3,(H,26,27)/p-1. The minimum Gasteiger partial charge on any atom is -0.550 e. The van der Waals surface area contributed by atoms with Gasteiger partial charge in [0.2, 0.25) is 0 Å². The first-order chi connectivity index (χ1) is 13.9. The molecule has 2 aromatic rings. The molecule has 1 aliphatic rings. The van der Waals surface area contributed by atoms with Crippen LogP contribution in [-0.4, -0.2) is 36.5 Å². The Morgan fingerprint density at radius 2 is 1.97 bits per heavy atom. The van der Waals surface area contributed by atoms with Crippen LogP contribution >= 0.6 is 0 Å². The summed E-state index contributed by atoms with van der Waals surface area (Å²) in [5.41, 5.74) is 1.79.